The highest BCUT2D eigenvalue weighted by molar-refractivity contribution is 7.13. The van der Waals surface area contributed by atoms with Gasteiger partial charge in [0.2, 0.25) is 5.13 Å². The summed E-state index contributed by atoms with van der Waals surface area (Å²) in [5.41, 5.74) is 3.80. The van der Waals surface area contributed by atoms with E-state index in [4.69, 9.17) is 4.74 Å². The maximum atomic E-state index is 12.0. The van der Waals surface area contributed by atoms with Gasteiger partial charge in [0.25, 0.3) is 5.91 Å². The van der Waals surface area contributed by atoms with Crippen molar-refractivity contribution in [3.05, 3.63) is 60.1 Å². The summed E-state index contributed by atoms with van der Waals surface area (Å²) < 4.78 is 5.66. The lowest BCUT2D eigenvalue weighted by Gasteiger charge is -2.14. The summed E-state index contributed by atoms with van der Waals surface area (Å²) in [6, 6.07) is 17.7. The van der Waals surface area contributed by atoms with Crippen LogP contribution in [0.4, 0.5) is 5.13 Å². The van der Waals surface area contributed by atoms with E-state index in [9.17, 15) is 4.79 Å². The van der Waals surface area contributed by atoms with Crippen molar-refractivity contribution >= 4 is 22.4 Å². The number of rotatable bonds is 5. The van der Waals surface area contributed by atoms with Crippen LogP contribution in [0.15, 0.2) is 60.1 Å². The number of carbonyl (C=O) groups is 1. The highest BCUT2D eigenvalue weighted by atomic mass is 32.1. The van der Waals surface area contributed by atoms with Gasteiger partial charge in [-0.25, -0.2) is 0 Å². The molecule has 1 N–H and O–H groups in total. The molecule has 0 bridgehead atoms. The summed E-state index contributed by atoms with van der Waals surface area (Å²) in [5.74, 6) is 0.387. The first-order valence-corrected chi connectivity index (χ1v) is 7.99. The Kier molecular flexibility index (Phi) is 4.63. The van der Waals surface area contributed by atoms with Gasteiger partial charge in [0.15, 0.2) is 6.10 Å². The zero-order valence-corrected chi connectivity index (χ0v) is 13.3. The Morgan fingerprint density at radius 2 is 1.78 bits per heavy atom. The zero-order valence-electron chi connectivity index (χ0n) is 12.5. The van der Waals surface area contributed by atoms with E-state index in [0.717, 1.165) is 11.1 Å². The van der Waals surface area contributed by atoms with Gasteiger partial charge in [-0.15, -0.1) is 10.2 Å². The minimum Gasteiger partial charge on any atom is -0.481 e. The maximum Gasteiger partial charge on any atom is 0.266 e. The lowest BCUT2D eigenvalue weighted by Crippen LogP contribution is -2.30. The Bertz CT molecular complexity index is 758. The smallest absolute Gasteiger partial charge is 0.266 e. The van der Waals surface area contributed by atoms with Crippen LogP contribution >= 0.6 is 11.3 Å². The highest BCUT2D eigenvalue weighted by Gasteiger charge is 2.16. The fraction of sp³-hybridized carbons (Fsp3) is 0.118. The van der Waals surface area contributed by atoms with Crippen LogP contribution in [0.1, 0.15) is 6.92 Å². The standard InChI is InChI=1S/C17H15N3O2S/c1-12(16(21)19-17-20-18-11-23-17)22-15-9-7-14(8-10-15)13-5-3-2-4-6-13/h2-12H,1H3,(H,19,20,21). The van der Waals surface area contributed by atoms with Gasteiger partial charge in [-0.2, -0.15) is 0 Å². The topological polar surface area (TPSA) is 64.1 Å². The first-order chi connectivity index (χ1) is 11.2. The molecule has 6 heteroatoms. The molecule has 0 aliphatic heterocycles. The number of benzene rings is 2. The number of ether oxygens (including phenoxy) is 1. The van der Waals surface area contributed by atoms with Gasteiger partial charge in [0.1, 0.15) is 11.3 Å². The first-order valence-electron chi connectivity index (χ1n) is 7.11. The third-order valence-electron chi connectivity index (χ3n) is 3.23. The fourth-order valence-electron chi connectivity index (χ4n) is 2.05. The maximum absolute atomic E-state index is 12.0. The van der Waals surface area contributed by atoms with E-state index >= 15 is 0 Å². The molecule has 1 atom stereocenters. The number of hydrogen-bond donors (Lipinski definition) is 1. The molecule has 0 saturated heterocycles. The number of hydrogen-bond acceptors (Lipinski definition) is 5. The minimum atomic E-state index is -0.624. The number of nitrogens with zero attached hydrogens (tertiary/aromatic N) is 2. The predicted molar refractivity (Wildman–Crippen MR) is 90.5 cm³/mol. The molecule has 0 spiro atoms. The van der Waals surface area contributed by atoms with Crippen LogP contribution in [-0.4, -0.2) is 22.2 Å². The van der Waals surface area contributed by atoms with Crippen LogP contribution in [0.2, 0.25) is 0 Å². The van der Waals surface area contributed by atoms with Gasteiger partial charge in [0.05, 0.1) is 0 Å². The molecule has 0 fully saturated rings. The summed E-state index contributed by atoms with van der Waals surface area (Å²) in [5, 5.41) is 10.6. The van der Waals surface area contributed by atoms with Crippen LogP contribution in [0.5, 0.6) is 5.75 Å². The van der Waals surface area contributed by atoms with Crippen molar-refractivity contribution in [2.24, 2.45) is 0 Å². The molecule has 116 valence electrons. The molecule has 2 aromatic carbocycles. The van der Waals surface area contributed by atoms with E-state index in [1.807, 2.05) is 54.6 Å². The number of nitrogens with one attached hydrogen (secondary N) is 1. The Hall–Kier alpha value is -2.73. The molecule has 3 aromatic rings. The summed E-state index contributed by atoms with van der Waals surface area (Å²) in [4.78, 5) is 12.0. The van der Waals surface area contributed by atoms with Crippen molar-refractivity contribution < 1.29 is 9.53 Å². The van der Waals surface area contributed by atoms with E-state index in [1.54, 1.807) is 12.4 Å². The van der Waals surface area contributed by atoms with Crippen molar-refractivity contribution in [3.8, 4) is 16.9 Å². The average molecular weight is 325 g/mol. The van der Waals surface area contributed by atoms with Crippen LogP contribution in [0.25, 0.3) is 11.1 Å². The van der Waals surface area contributed by atoms with E-state index in [0.29, 0.717) is 10.9 Å². The van der Waals surface area contributed by atoms with Gasteiger partial charge in [-0.3, -0.25) is 10.1 Å². The lowest BCUT2D eigenvalue weighted by atomic mass is 10.1. The molecule has 5 nitrogen and oxygen atoms in total. The monoisotopic (exact) mass is 325 g/mol. The molecule has 1 aromatic heterocycles. The summed E-state index contributed by atoms with van der Waals surface area (Å²) in [7, 11) is 0. The second-order valence-electron chi connectivity index (χ2n) is 4.88. The second kappa shape index (κ2) is 7.02. The van der Waals surface area contributed by atoms with Crippen LogP contribution in [0, 0.1) is 0 Å². The van der Waals surface area contributed by atoms with Crippen LogP contribution in [0.3, 0.4) is 0 Å². The summed E-state index contributed by atoms with van der Waals surface area (Å²) >= 11 is 1.26. The molecule has 0 radical (unpaired) electrons. The average Bonchev–Trinajstić information content (AvgIpc) is 3.09. The number of anilines is 1. The Morgan fingerprint density at radius 3 is 2.43 bits per heavy atom. The zero-order chi connectivity index (χ0) is 16.1. The SMILES string of the molecule is CC(Oc1ccc(-c2ccccc2)cc1)C(=O)Nc1nncs1. The Morgan fingerprint density at radius 1 is 1.09 bits per heavy atom. The molecular formula is C17H15N3O2S. The molecule has 23 heavy (non-hydrogen) atoms. The molecule has 0 saturated carbocycles. The number of amides is 1. The number of carbonyl (C=O) groups excluding carboxylic acids is 1. The number of aromatic nitrogens is 2. The van der Waals surface area contributed by atoms with Crippen LogP contribution < -0.4 is 10.1 Å². The minimum absolute atomic E-state index is 0.256. The third-order valence-corrected chi connectivity index (χ3v) is 3.84. The molecule has 0 aliphatic carbocycles. The summed E-state index contributed by atoms with van der Waals surface area (Å²) in [6.45, 7) is 1.70. The molecule has 0 aliphatic rings. The van der Waals surface area contributed by atoms with E-state index in [1.165, 1.54) is 11.3 Å². The largest absolute Gasteiger partial charge is 0.481 e. The first kappa shape index (κ1) is 15.2. The molecular weight excluding hydrogens is 310 g/mol. The quantitative estimate of drug-likeness (QED) is 0.778. The lowest BCUT2D eigenvalue weighted by molar-refractivity contribution is -0.122. The van der Waals surface area contributed by atoms with Gasteiger partial charge in [-0.05, 0) is 30.2 Å². The van der Waals surface area contributed by atoms with Crippen molar-refractivity contribution in [2.45, 2.75) is 13.0 Å². The molecule has 1 heterocycles. The van der Waals surface area contributed by atoms with Crippen molar-refractivity contribution in [1.82, 2.24) is 10.2 Å². The van der Waals surface area contributed by atoms with Gasteiger partial charge < -0.3 is 4.74 Å². The highest BCUT2D eigenvalue weighted by Crippen LogP contribution is 2.22. The molecule has 1 amide bonds. The molecule has 3 rings (SSSR count). The van der Waals surface area contributed by atoms with Gasteiger partial charge >= 0.3 is 0 Å². The predicted octanol–water partition coefficient (Wildman–Crippen LogP) is 3.61. The molecule has 1 unspecified atom stereocenters. The van der Waals surface area contributed by atoms with Gasteiger partial charge in [0, 0.05) is 0 Å². The van der Waals surface area contributed by atoms with E-state index < -0.39 is 6.10 Å². The Labute approximate surface area is 138 Å². The van der Waals surface area contributed by atoms with Crippen molar-refractivity contribution in [2.75, 3.05) is 5.32 Å². The fourth-order valence-corrected chi connectivity index (χ4v) is 2.50. The Balaban J connectivity index is 1.62. The van der Waals surface area contributed by atoms with E-state index in [-0.39, 0.29) is 5.91 Å². The van der Waals surface area contributed by atoms with Crippen molar-refractivity contribution in [3.63, 3.8) is 0 Å². The van der Waals surface area contributed by atoms with Crippen molar-refractivity contribution in [1.29, 1.82) is 0 Å². The summed E-state index contributed by atoms with van der Waals surface area (Å²) in [6.07, 6.45) is -0.624. The van der Waals surface area contributed by atoms with E-state index in [2.05, 4.69) is 15.5 Å². The third kappa shape index (κ3) is 3.92. The second-order valence-corrected chi connectivity index (χ2v) is 5.72. The van der Waals surface area contributed by atoms with Gasteiger partial charge in [-0.1, -0.05) is 53.8 Å². The normalized spacial score (nSPS) is 11.7. The van der Waals surface area contributed by atoms with Crippen LogP contribution in [-0.2, 0) is 4.79 Å².